The van der Waals surface area contributed by atoms with Crippen LogP contribution < -0.4 is 0 Å². The maximum Gasteiger partial charge on any atom is 0.0626 e. The van der Waals surface area contributed by atoms with Crippen molar-refractivity contribution >= 4 is 43.5 Å². The summed E-state index contributed by atoms with van der Waals surface area (Å²) in [6, 6.07) is 14.5. The lowest BCUT2D eigenvalue weighted by atomic mass is 10.0. The Hall–Kier alpha value is -0.310. The Morgan fingerprint density at radius 3 is 2.28 bits per heavy atom. The summed E-state index contributed by atoms with van der Waals surface area (Å²) in [6.45, 7) is 2.12. The maximum atomic E-state index is 6.51. The van der Waals surface area contributed by atoms with Gasteiger partial charge in [0.05, 0.1) is 5.38 Å². The molecule has 18 heavy (non-hydrogen) atoms. The number of halogens is 3. The minimum absolute atomic E-state index is 0.0140. The molecule has 0 saturated carbocycles. The lowest BCUT2D eigenvalue weighted by molar-refractivity contribution is 0.909. The molecular formula is C15H13Br2Cl. The number of rotatable bonds is 3. The fraction of sp³-hybridized carbons (Fsp3) is 0.200. The molecule has 0 spiro atoms. The Balaban J connectivity index is 2.22. The molecule has 0 radical (unpaired) electrons. The molecule has 0 fully saturated rings. The van der Waals surface area contributed by atoms with Gasteiger partial charge in [0.15, 0.2) is 0 Å². The van der Waals surface area contributed by atoms with E-state index in [9.17, 15) is 0 Å². The van der Waals surface area contributed by atoms with E-state index in [-0.39, 0.29) is 5.38 Å². The molecule has 0 nitrogen and oxygen atoms in total. The lowest BCUT2D eigenvalue weighted by Gasteiger charge is -2.13. The van der Waals surface area contributed by atoms with Gasteiger partial charge in [-0.1, -0.05) is 56.1 Å². The molecule has 0 heterocycles. The van der Waals surface area contributed by atoms with E-state index in [1.54, 1.807) is 0 Å². The Labute approximate surface area is 130 Å². The van der Waals surface area contributed by atoms with Gasteiger partial charge in [-0.25, -0.2) is 0 Å². The van der Waals surface area contributed by atoms with Crippen LogP contribution in [0.1, 0.15) is 22.1 Å². The van der Waals surface area contributed by atoms with Gasteiger partial charge >= 0.3 is 0 Å². The maximum absolute atomic E-state index is 6.51. The van der Waals surface area contributed by atoms with Crippen molar-refractivity contribution in [3.8, 4) is 0 Å². The molecule has 0 N–H and O–H groups in total. The fourth-order valence-electron chi connectivity index (χ4n) is 1.91. The summed E-state index contributed by atoms with van der Waals surface area (Å²) in [5.41, 5.74) is 3.71. The smallest absolute Gasteiger partial charge is 0.0626 e. The third kappa shape index (κ3) is 3.59. The highest BCUT2D eigenvalue weighted by Gasteiger charge is 2.11. The molecule has 0 aliphatic carbocycles. The minimum Gasteiger partial charge on any atom is -0.117 e. The zero-order valence-corrected chi connectivity index (χ0v) is 13.9. The number of hydrogen-bond donors (Lipinski definition) is 0. The third-order valence-electron chi connectivity index (χ3n) is 2.91. The van der Waals surface area contributed by atoms with E-state index in [1.165, 1.54) is 11.1 Å². The highest BCUT2D eigenvalue weighted by molar-refractivity contribution is 9.11. The second kappa shape index (κ2) is 6.23. The molecule has 0 aliphatic rings. The van der Waals surface area contributed by atoms with Gasteiger partial charge in [0.1, 0.15) is 0 Å². The van der Waals surface area contributed by atoms with Gasteiger partial charge in [0.25, 0.3) is 0 Å². The van der Waals surface area contributed by atoms with Crippen molar-refractivity contribution in [1.82, 2.24) is 0 Å². The van der Waals surface area contributed by atoms with Gasteiger partial charge < -0.3 is 0 Å². The van der Waals surface area contributed by atoms with Gasteiger partial charge in [-0.3, -0.25) is 0 Å². The Morgan fingerprint density at radius 1 is 1.06 bits per heavy atom. The zero-order valence-electron chi connectivity index (χ0n) is 9.96. The van der Waals surface area contributed by atoms with Crippen molar-refractivity contribution in [2.24, 2.45) is 0 Å². The Bertz CT molecular complexity index is 532. The first-order chi connectivity index (χ1) is 8.56. The average Bonchev–Trinajstić information content (AvgIpc) is 2.31. The molecule has 1 unspecified atom stereocenters. The van der Waals surface area contributed by atoms with Crippen LogP contribution in [0.25, 0.3) is 0 Å². The second-order valence-corrected chi connectivity index (χ2v) is 6.66. The van der Waals surface area contributed by atoms with E-state index in [1.807, 2.05) is 6.07 Å². The first-order valence-electron chi connectivity index (χ1n) is 5.71. The van der Waals surface area contributed by atoms with Crippen molar-refractivity contribution < 1.29 is 0 Å². The van der Waals surface area contributed by atoms with Gasteiger partial charge in [-0.2, -0.15) is 0 Å². The minimum atomic E-state index is -0.0140. The van der Waals surface area contributed by atoms with Crippen LogP contribution in [0.4, 0.5) is 0 Å². The number of aryl methyl sites for hydroxylation is 1. The topological polar surface area (TPSA) is 0 Å². The average molecular weight is 389 g/mol. The van der Waals surface area contributed by atoms with E-state index in [4.69, 9.17) is 11.6 Å². The molecule has 1 atom stereocenters. The lowest BCUT2D eigenvalue weighted by Crippen LogP contribution is -1.98. The summed E-state index contributed by atoms with van der Waals surface area (Å²) in [5.74, 6) is 0. The van der Waals surface area contributed by atoms with Crippen LogP contribution >= 0.6 is 43.5 Å². The largest absolute Gasteiger partial charge is 0.117 e. The first kappa shape index (κ1) is 14.1. The number of alkyl halides is 1. The molecule has 0 aromatic heterocycles. The molecule has 2 aromatic rings. The van der Waals surface area contributed by atoms with Crippen LogP contribution in [0, 0.1) is 6.92 Å². The van der Waals surface area contributed by atoms with E-state index >= 15 is 0 Å². The predicted molar refractivity (Wildman–Crippen MR) is 85.3 cm³/mol. The van der Waals surface area contributed by atoms with E-state index in [0.717, 1.165) is 20.9 Å². The summed E-state index contributed by atoms with van der Waals surface area (Å²) in [7, 11) is 0. The number of benzene rings is 2. The predicted octanol–water partition coefficient (Wildman–Crippen LogP) is 6.04. The summed E-state index contributed by atoms with van der Waals surface area (Å²) < 4.78 is 2.09. The van der Waals surface area contributed by atoms with Crippen molar-refractivity contribution in [2.75, 3.05) is 0 Å². The van der Waals surface area contributed by atoms with E-state index < -0.39 is 0 Å². The van der Waals surface area contributed by atoms with Gasteiger partial charge in [-0.05, 0) is 48.2 Å². The molecule has 0 amide bonds. The van der Waals surface area contributed by atoms with E-state index in [2.05, 4.69) is 75.2 Å². The third-order valence-corrected chi connectivity index (χ3v) is 4.23. The van der Waals surface area contributed by atoms with Crippen LogP contribution in [0.5, 0.6) is 0 Å². The van der Waals surface area contributed by atoms with E-state index in [0.29, 0.717) is 0 Å². The molecule has 0 bridgehead atoms. The van der Waals surface area contributed by atoms with Crippen LogP contribution in [-0.4, -0.2) is 0 Å². The molecule has 94 valence electrons. The summed E-state index contributed by atoms with van der Waals surface area (Å²) in [5, 5.41) is -0.0140. The van der Waals surface area contributed by atoms with Gasteiger partial charge in [-0.15, -0.1) is 11.6 Å². The summed E-state index contributed by atoms with van der Waals surface area (Å²) in [6.07, 6.45) is 0.844. The van der Waals surface area contributed by atoms with Crippen LogP contribution in [-0.2, 0) is 6.42 Å². The molecular weight excluding hydrogens is 375 g/mol. The molecule has 0 saturated heterocycles. The molecule has 2 rings (SSSR count). The second-order valence-electron chi connectivity index (χ2n) is 4.30. The quantitative estimate of drug-likeness (QED) is 0.562. The first-order valence-corrected chi connectivity index (χ1v) is 7.73. The SMILES string of the molecule is Cc1ccccc1CC(Cl)c1cc(Br)cc(Br)c1. The number of hydrogen-bond acceptors (Lipinski definition) is 0. The molecule has 3 heteroatoms. The monoisotopic (exact) mass is 386 g/mol. The fourth-order valence-corrected chi connectivity index (χ4v) is 3.53. The highest BCUT2D eigenvalue weighted by atomic mass is 79.9. The van der Waals surface area contributed by atoms with Crippen molar-refractivity contribution in [2.45, 2.75) is 18.7 Å². The van der Waals surface area contributed by atoms with Crippen molar-refractivity contribution in [1.29, 1.82) is 0 Å². The summed E-state index contributed by atoms with van der Waals surface area (Å²) in [4.78, 5) is 0. The molecule has 0 aliphatic heterocycles. The zero-order chi connectivity index (χ0) is 13.1. The standard InChI is InChI=1S/C15H13Br2Cl/c1-10-4-2-3-5-11(10)8-15(18)12-6-13(16)9-14(17)7-12/h2-7,9,15H,8H2,1H3. The van der Waals surface area contributed by atoms with Crippen LogP contribution in [0.15, 0.2) is 51.4 Å². The van der Waals surface area contributed by atoms with Crippen molar-refractivity contribution in [3.63, 3.8) is 0 Å². The Kier molecular flexibility index (Phi) is 4.88. The molecule has 2 aromatic carbocycles. The Morgan fingerprint density at radius 2 is 1.67 bits per heavy atom. The van der Waals surface area contributed by atoms with Gasteiger partial charge in [0, 0.05) is 8.95 Å². The highest BCUT2D eigenvalue weighted by Crippen LogP contribution is 2.30. The normalized spacial score (nSPS) is 12.4. The van der Waals surface area contributed by atoms with Crippen molar-refractivity contribution in [3.05, 3.63) is 68.1 Å². The van der Waals surface area contributed by atoms with Gasteiger partial charge in [0.2, 0.25) is 0 Å². The van der Waals surface area contributed by atoms with Crippen LogP contribution in [0.2, 0.25) is 0 Å². The summed E-state index contributed by atoms with van der Waals surface area (Å²) >= 11 is 13.5. The van der Waals surface area contributed by atoms with Crippen LogP contribution in [0.3, 0.4) is 0 Å².